The van der Waals surface area contributed by atoms with Gasteiger partial charge in [0.25, 0.3) is 0 Å². The van der Waals surface area contributed by atoms with E-state index in [-0.39, 0.29) is 11.5 Å². The third kappa shape index (κ3) is 3.52. The van der Waals surface area contributed by atoms with Gasteiger partial charge < -0.3 is 26.5 Å². The molecule has 2 saturated heterocycles. The molecule has 1 spiro atoms. The summed E-state index contributed by atoms with van der Waals surface area (Å²) >= 11 is 0. The summed E-state index contributed by atoms with van der Waals surface area (Å²) in [6.45, 7) is 6.14. The normalized spacial score (nSPS) is 23.4. The number of nitrogens with one attached hydrogen (secondary N) is 2. The number of phenolic OH excluding ortho intramolecular Hbond substituents is 1. The number of hydrogen-bond donors (Lipinski definition) is 4. The fraction of sp³-hybridized carbons (Fsp3) is 0.524. The molecule has 2 heterocycles. The molecule has 7 nitrogen and oxygen atoms in total. The summed E-state index contributed by atoms with van der Waals surface area (Å²) in [7, 11) is 1.67. The van der Waals surface area contributed by atoms with Gasteiger partial charge in [0, 0.05) is 57.9 Å². The Labute approximate surface area is 166 Å². The predicted octanol–water partition coefficient (Wildman–Crippen LogP) is 1.00. The van der Waals surface area contributed by atoms with Gasteiger partial charge in [0.15, 0.2) is 0 Å². The van der Waals surface area contributed by atoms with Gasteiger partial charge in [-0.1, -0.05) is 12.1 Å². The van der Waals surface area contributed by atoms with Gasteiger partial charge in [-0.15, -0.1) is 0 Å². The molecule has 1 saturated carbocycles. The molecule has 0 aromatic heterocycles. The van der Waals surface area contributed by atoms with Crippen molar-refractivity contribution in [1.29, 1.82) is 5.41 Å². The number of aromatic hydroxyl groups is 1. The Bertz CT molecular complexity index is 797. The van der Waals surface area contributed by atoms with Crippen LogP contribution in [0.3, 0.4) is 0 Å². The molecule has 2 aliphatic heterocycles. The van der Waals surface area contributed by atoms with Crippen LogP contribution >= 0.6 is 0 Å². The first-order valence-electron chi connectivity index (χ1n) is 10.0. The number of para-hydroxylation sites is 1. The lowest BCUT2D eigenvalue weighted by atomic mass is 9.61. The van der Waals surface area contributed by atoms with Gasteiger partial charge in [-0.2, -0.15) is 0 Å². The van der Waals surface area contributed by atoms with E-state index < -0.39 is 0 Å². The number of benzene rings is 1. The first-order chi connectivity index (χ1) is 13.5. The molecule has 0 amide bonds. The monoisotopic (exact) mass is 382 g/mol. The van der Waals surface area contributed by atoms with E-state index in [1.54, 1.807) is 31.3 Å². The van der Waals surface area contributed by atoms with Crippen LogP contribution < -0.4 is 11.1 Å². The zero-order valence-corrected chi connectivity index (χ0v) is 16.5. The zero-order valence-electron chi connectivity index (χ0n) is 16.5. The van der Waals surface area contributed by atoms with Crippen molar-refractivity contribution in [2.24, 2.45) is 16.1 Å². The summed E-state index contributed by atoms with van der Waals surface area (Å²) in [6.07, 6.45) is 4.36. The lowest BCUT2D eigenvalue weighted by Gasteiger charge is -2.58. The minimum atomic E-state index is 0.101. The van der Waals surface area contributed by atoms with E-state index in [0.29, 0.717) is 22.9 Å². The number of allylic oxidation sites excluding steroid dienone is 1. The second kappa shape index (κ2) is 7.56. The van der Waals surface area contributed by atoms with Gasteiger partial charge >= 0.3 is 0 Å². The number of piperazine rings is 1. The highest BCUT2D eigenvalue weighted by Crippen LogP contribution is 2.46. The Balaban J connectivity index is 1.42. The molecule has 1 aromatic rings. The molecule has 7 heteroatoms. The van der Waals surface area contributed by atoms with E-state index in [2.05, 4.69) is 20.1 Å². The molecule has 0 bridgehead atoms. The smallest absolute Gasteiger partial charge is 0.142 e. The van der Waals surface area contributed by atoms with E-state index in [0.717, 1.165) is 31.9 Å². The van der Waals surface area contributed by atoms with Crippen molar-refractivity contribution in [3.8, 4) is 5.75 Å². The van der Waals surface area contributed by atoms with Crippen molar-refractivity contribution in [2.45, 2.75) is 18.9 Å². The summed E-state index contributed by atoms with van der Waals surface area (Å²) < 4.78 is 0. The summed E-state index contributed by atoms with van der Waals surface area (Å²) in [5.74, 6) is 0.529. The maximum atomic E-state index is 10.0. The number of nitrogens with zero attached hydrogens (tertiary/aromatic N) is 3. The lowest BCUT2D eigenvalue weighted by Crippen LogP contribution is -2.66. The Hall–Kier alpha value is -2.38. The highest BCUT2D eigenvalue weighted by molar-refractivity contribution is 6.12. The average molecular weight is 383 g/mol. The molecular formula is C21H30N6O. The van der Waals surface area contributed by atoms with Crippen LogP contribution in [0.4, 0.5) is 0 Å². The summed E-state index contributed by atoms with van der Waals surface area (Å²) in [4.78, 5) is 8.97. The van der Waals surface area contributed by atoms with E-state index in [4.69, 9.17) is 11.1 Å². The van der Waals surface area contributed by atoms with Gasteiger partial charge in [0.1, 0.15) is 11.6 Å². The van der Waals surface area contributed by atoms with Crippen LogP contribution in [0.5, 0.6) is 5.75 Å². The van der Waals surface area contributed by atoms with Crippen molar-refractivity contribution >= 4 is 11.5 Å². The minimum Gasteiger partial charge on any atom is -0.507 e. The molecule has 4 rings (SSSR count). The first-order valence-corrected chi connectivity index (χ1v) is 10.0. The van der Waals surface area contributed by atoms with Crippen LogP contribution in [-0.4, -0.2) is 78.8 Å². The van der Waals surface area contributed by atoms with Crippen molar-refractivity contribution < 1.29 is 5.11 Å². The summed E-state index contributed by atoms with van der Waals surface area (Å²) in [5, 5.41) is 21.9. The van der Waals surface area contributed by atoms with E-state index in [1.807, 2.05) is 6.07 Å². The molecule has 28 heavy (non-hydrogen) atoms. The highest BCUT2D eigenvalue weighted by Gasteiger charge is 2.50. The van der Waals surface area contributed by atoms with Crippen molar-refractivity contribution in [3.05, 3.63) is 41.6 Å². The van der Waals surface area contributed by atoms with Crippen LogP contribution in [0.2, 0.25) is 0 Å². The van der Waals surface area contributed by atoms with Crippen molar-refractivity contribution in [1.82, 2.24) is 15.1 Å². The van der Waals surface area contributed by atoms with E-state index in [9.17, 15) is 5.11 Å². The van der Waals surface area contributed by atoms with Crippen LogP contribution in [0.1, 0.15) is 18.4 Å². The second-order valence-electron chi connectivity index (χ2n) is 8.26. The topological polar surface area (TPSA) is 101 Å². The standard InChI is InChI=1S/C21H30N6O/c1-24-20(23)18(10-17(22)16-4-2-3-5-19(16)28)27-8-6-26(7-9-27)15-11-21(12-15)13-25-14-21/h2-5,10,15,22,25,28H,6-9,11-14H2,1H3,(H2,23,24)/b18-10+,22-17?. The second-order valence-corrected chi connectivity index (χ2v) is 8.26. The Kier molecular flexibility index (Phi) is 5.12. The molecule has 5 N–H and O–H groups in total. The fourth-order valence-corrected chi connectivity index (χ4v) is 4.65. The Morgan fingerprint density at radius 3 is 2.50 bits per heavy atom. The van der Waals surface area contributed by atoms with Gasteiger partial charge in [-0.05, 0) is 36.5 Å². The van der Waals surface area contributed by atoms with Gasteiger partial charge in [-0.3, -0.25) is 9.89 Å². The largest absolute Gasteiger partial charge is 0.507 e. The van der Waals surface area contributed by atoms with Crippen LogP contribution in [-0.2, 0) is 0 Å². The molecule has 150 valence electrons. The first kappa shape index (κ1) is 19.0. The minimum absolute atomic E-state index is 0.101. The zero-order chi connectivity index (χ0) is 19.7. The number of hydrogen-bond acceptors (Lipinski definition) is 6. The molecule has 0 unspecified atom stereocenters. The van der Waals surface area contributed by atoms with Crippen LogP contribution in [0, 0.1) is 10.8 Å². The van der Waals surface area contributed by atoms with Crippen molar-refractivity contribution in [3.63, 3.8) is 0 Å². The number of aliphatic imine (C=N–C) groups is 1. The maximum absolute atomic E-state index is 10.0. The third-order valence-electron chi connectivity index (χ3n) is 6.49. The van der Waals surface area contributed by atoms with E-state index in [1.165, 1.54) is 25.9 Å². The Morgan fingerprint density at radius 1 is 1.25 bits per heavy atom. The summed E-state index contributed by atoms with van der Waals surface area (Å²) in [5.41, 5.74) is 8.26. The molecule has 1 aromatic carbocycles. The van der Waals surface area contributed by atoms with Crippen molar-refractivity contribution in [2.75, 3.05) is 46.3 Å². The molecular weight excluding hydrogens is 352 g/mol. The van der Waals surface area contributed by atoms with Gasteiger partial charge in [0.05, 0.1) is 11.4 Å². The number of amidine groups is 1. The molecule has 0 radical (unpaired) electrons. The number of rotatable bonds is 5. The fourth-order valence-electron chi connectivity index (χ4n) is 4.65. The molecule has 3 fully saturated rings. The predicted molar refractivity (Wildman–Crippen MR) is 112 cm³/mol. The highest BCUT2D eigenvalue weighted by atomic mass is 16.3. The van der Waals surface area contributed by atoms with E-state index >= 15 is 0 Å². The molecule has 0 atom stereocenters. The van der Waals surface area contributed by atoms with Gasteiger partial charge in [-0.25, -0.2) is 0 Å². The number of nitrogens with two attached hydrogens (primary N) is 1. The average Bonchev–Trinajstić information content (AvgIpc) is 2.64. The van der Waals surface area contributed by atoms with Crippen LogP contribution in [0.25, 0.3) is 0 Å². The molecule has 1 aliphatic carbocycles. The third-order valence-corrected chi connectivity index (χ3v) is 6.49. The lowest BCUT2D eigenvalue weighted by molar-refractivity contribution is -0.0472. The number of phenols is 1. The SMILES string of the molecule is CN=C(N)/C(=C\C(=N)c1ccccc1O)N1CCN(C2CC3(CNC3)C2)CC1. The Morgan fingerprint density at radius 2 is 1.93 bits per heavy atom. The quantitative estimate of drug-likeness (QED) is 0.450. The maximum Gasteiger partial charge on any atom is 0.142 e. The molecule has 3 aliphatic rings. The summed E-state index contributed by atoms with van der Waals surface area (Å²) in [6, 6.07) is 7.62. The van der Waals surface area contributed by atoms with Crippen LogP contribution in [0.15, 0.2) is 41.0 Å². The van der Waals surface area contributed by atoms with Gasteiger partial charge in [0.2, 0.25) is 0 Å².